The number of rotatable bonds is 1. The second kappa shape index (κ2) is 8.54. The summed E-state index contributed by atoms with van der Waals surface area (Å²) in [5.41, 5.74) is 0. The molecule has 5 heteroatoms. The van der Waals surface area contributed by atoms with Crippen LogP contribution in [0.2, 0.25) is 0 Å². The van der Waals surface area contributed by atoms with Crippen LogP contribution < -0.4 is 10.7 Å². The first-order valence-corrected chi connectivity index (χ1v) is 9.06. The molecular weight excluding hydrogens is 264 g/mol. The summed E-state index contributed by atoms with van der Waals surface area (Å²) < 4.78 is 0. The molecule has 0 saturated carbocycles. The van der Waals surface area contributed by atoms with E-state index in [9.17, 15) is 0 Å². The van der Waals surface area contributed by atoms with Gasteiger partial charge in [-0.05, 0) is 12.1 Å². The Bertz CT molecular complexity index is 173. The molecular formula is C6H7Cl2NOZr. The van der Waals surface area contributed by atoms with Gasteiger partial charge in [-0.2, -0.15) is 5.90 Å². The number of halogens is 2. The zero-order valence-electron chi connectivity index (χ0n) is 5.63. The molecule has 0 saturated heterocycles. The molecule has 1 aromatic carbocycles. The van der Waals surface area contributed by atoms with E-state index < -0.39 is 20.8 Å². The molecule has 0 spiro atoms. The van der Waals surface area contributed by atoms with Gasteiger partial charge in [-0.25, -0.2) is 0 Å². The maximum atomic E-state index is 4.93. The Morgan fingerprint density at radius 3 is 1.91 bits per heavy atom. The fourth-order valence-electron chi connectivity index (χ4n) is 0.499. The van der Waals surface area contributed by atoms with Crippen LogP contribution in [0.15, 0.2) is 30.3 Å². The Kier molecular flexibility index (Phi) is 8.88. The van der Waals surface area contributed by atoms with Crippen molar-refractivity contribution in [3.05, 3.63) is 30.3 Å². The summed E-state index contributed by atoms with van der Waals surface area (Å²) in [6.07, 6.45) is 0. The molecule has 2 N–H and O–H groups in total. The summed E-state index contributed by atoms with van der Waals surface area (Å²) in [6, 6.07) is 9.22. The van der Waals surface area contributed by atoms with E-state index in [4.69, 9.17) is 22.9 Å². The molecule has 0 aromatic heterocycles. The second-order valence-electron chi connectivity index (χ2n) is 1.50. The van der Waals surface area contributed by atoms with Gasteiger partial charge in [0, 0.05) is 0 Å². The zero-order chi connectivity index (χ0) is 8.53. The Morgan fingerprint density at radius 1 is 1.18 bits per heavy atom. The minimum atomic E-state index is -0.826. The van der Waals surface area contributed by atoms with E-state index in [2.05, 4.69) is 4.84 Å². The summed E-state index contributed by atoms with van der Waals surface area (Å²) in [4.78, 5) is 4.41. The van der Waals surface area contributed by atoms with Crippen LogP contribution >= 0.6 is 17.0 Å². The van der Waals surface area contributed by atoms with Gasteiger partial charge in [0.15, 0.2) is 0 Å². The first-order chi connectivity index (χ1) is 5.35. The van der Waals surface area contributed by atoms with Crippen molar-refractivity contribution in [2.24, 2.45) is 5.90 Å². The van der Waals surface area contributed by atoms with Crippen LogP contribution in [0, 0.1) is 0 Å². The van der Waals surface area contributed by atoms with Gasteiger partial charge in [0.2, 0.25) is 0 Å². The van der Waals surface area contributed by atoms with E-state index >= 15 is 0 Å². The fraction of sp³-hybridized carbons (Fsp3) is 0. The van der Waals surface area contributed by atoms with Crippen LogP contribution in [0.4, 0.5) is 0 Å². The Hall–Kier alpha value is 0.443. The van der Waals surface area contributed by atoms with Crippen molar-refractivity contribution in [3.8, 4) is 5.75 Å². The molecule has 60 valence electrons. The molecule has 0 radical (unpaired) electrons. The van der Waals surface area contributed by atoms with Crippen LogP contribution in [0.5, 0.6) is 5.75 Å². The average Bonchev–Trinajstić information content (AvgIpc) is 2.08. The van der Waals surface area contributed by atoms with E-state index in [1.807, 2.05) is 18.2 Å². The first-order valence-electron chi connectivity index (χ1n) is 2.73. The Balaban J connectivity index is 0.000000292. The summed E-state index contributed by atoms with van der Waals surface area (Å²) in [5, 5.41) is 0. The third-order valence-corrected chi connectivity index (χ3v) is 0.879. The van der Waals surface area contributed by atoms with Crippen molar-refractivity contribution >= 4 is 17.0 Å². The van der Waals surface area contributed by atoms with Gasteiger partial charge in [0.25, 0.3) is 0 Å². The van der Waals surface area contributed by atoms with Crippen molar-refractivity contribution < 1.29 is 25.7 Å². The van der Waals surface area contributed by atoms with Crippen LogP contribution in [-0.2, 0) is 20.8 Å². The summed E-state index contributed by atoms with van der Waals surface area (Å²) in [5.74, 6) is 5.54. The summed E-state index contributed by atoms with van der Waals surface area (Å²) >= 11 is -0.826. The van der Waals surface area contributed by atoms with Gasteiger partial charge in [0.1, 0.15) is 5.75 Å². The Morgan fingerprint density at radius 2 is 1.64 bits per heavy atom. The van der Waals surface area contributed by atoms with E-state index in [-0.39, 0.29) is 0 Å². The Labute approximate surface area is 84.2 Å². The van der Waals surface area contributed by atoms with E-state index in [0.717, 1.165) is 0 Å². The molecule has 0 aliphatic heterocycles. The molecule has 0 unspecified atom stereocenters. The predicted octanol–water partition coefficient (Wildman–Crippen LogP) is 2.32. The molecule has 1 aromatic rings. The predicted molar refractivity (Wildman–Crippen MR) is 43.0 cm³/mol. The molecule has 0 atom stereocenters. The second-order valence-corrected chi connectivity index (χ2v) is 5.23. The van der Waals surface area contributed by atoms with Gasteiger partial charge in [-0.1, -0.05) is 18.2 Å². The van der Waals surface area contributed by atoms with E-state index in [0.29, 0.717) is 5.75 Å². The molecule has 11 heavy (non-hydrogen) atoms. The third-order valence-electron chi connectivity index (χ3n) is 0.879. The van der Waals surface area contributed by atoms with Crippen LogP contribution in [-0.4, -0.2) is 0 Å². The van der Waals surface area contributed by atoms with Crippen LogP contribution in [0.25, 0.3) is 0 Å². The monoisotopic (exact) mass is 269 g/mol. The molecule has 0 heterocycles. The molecule has 0 amide bonds. The number of benzene rings is 1. The normalized spacial score (nSPS) is 7.55. The van der Waals surface area contributed by atoms with Crippen molar-refractivity contribution in [1.82, 2.24) is 0 Å². The van der Waals surface area contributed by atoms with E-state index in [1.54, 1.807) is 12.1 Å². The van der Waals surface area contributed by atoms with Gasteiger partial charge >= 0.3 is 37.9 Å². The van der Waals surface area contributed by atoms with Gasteiger partial charge in [0.05, 0.1) is 0 Å². The van der Waals surface area contributed by atoms with Gasteiger partial charge < -0.3 is 4.84 Å². The molecule has 0 aliphatic rings. The van der Waals surface area contributed by atoms with E-state index in [1.165, 1.54) is 0 Å². The molecule has 0 aliphatic carbocycles. The molecule has 0 fully saturated rings. The maximum absolute atomic E-state index is 4.93. The van der Waals surface area contributed by atoms with Crippen LogP contribution in [0.1, 0.15) is 0 Å². The standard InChI is InChI=1S/C6H7NO.2ClH.Zr/c7-8-6-4-2-1-3-5-6;;;/h1-5H,7H2;2*1H;/q;;;+2/p-2. The van der Waals surface area contributed by atoms with Gasteiger partial charge in [-0.15, -0.1) is 0 Å². The van der Waals surface area contributed by atoms with Crippen molar-refractivity contribution in [2.45, 2.75) is 0 Å². The minimum absolute atomic E-state index is 0.688. The summed E-state index contributed by atoms with van der Waals surface area (Å²) in [7, 11) is 9.87. The number of hydrogen-bond acceptors (Lipinski definition) is 2. The van der Waals surface area contributed by atoms with Crippen LogP contribution in [0.3, 0.4) is 0 Å². The quantitative estimate of drug-likeness (QED) is 0.796. The van der Waals surface area contributed by atoms with Gasteiger partial charge in [-0.3, -0.25) is 0 Å². The van der Waals surface area contributed by atoms with Crippen molar-refractivity contribution in [3.63, 3.8) is 0 Å². The van der Waals surface area contributed by atoms with Crippen molar-refractivity contribution in [1.29, 1.82) is 0 Å². The fourth-order valence-corrected chi connectivity index (χ4v) is 0.499. The molecule has 2 nitrogen and oxygen atoms in total. The molecule has 1 rings (SSSR count). The van der Waals surface area contributed by atoms with Crippen molar-refractivity contribution in [2.75, 3.05) is 0 Å². The SMILES string of the molecule is NOc1ccccc1.[Cl][Zr][Cl]. The average molecular weight is 271 g/mol. The first kappa shape index (κ1) is 11.4. The topological polar surface area (TPSA) is 35.2 Å². The zero-order valence-corrected chi connectivity index (χ0v) is 9.60. The third kappa shape index (κ3) is 6.83. The number of hydrogen-bond donors (Lipinski definition) is 1. The number of nitrogens with two attached hydrogens (primary N) is 1. The number of para-hydroxylation sites is 1. The summed E-state index contributed by atoms with van der Waals surface area (Å²) in [6.45, 7) is 0. The molecule has 0 bridgehead atoms.